The maximum absolute atomic E-state index is 14.0. The fourth-order valence-corrected chi connectivity index (χ4v) is 5.86. The molecule has 4 rings (SSSR count). The minimum absolute atomic E-state index is 0.0711. The monoisotopic (exact) mass is 760 g/mol. The van der Waals surface area contributed by atoms with Crippen molar-refractivity contribution >= 4 is 52.1 Å². The number of unbranched alkanes of at least 4 members (excludes halogenated alkanes) is 1. The highest BCUT2D eigenvalue weighted by molar-refractivity contribution is 6.17. The number of aromatic nitrogens is 3. The van der Waals surface area contributed by atoms with Crippen molar-refractivity contribution in [3.8, 4) is 0 Å². The van der Waals surface area contributed by atoms with E-state index in [0.717, 1.165) is 28.9 Å². The Labute approximate surface area is 323 Å². The smallest absolute Gasteiger partial charge is 0.465 e. The molecule has 0 aliphatic carbocycles. The highest BCUT2D eigenvalue weighted by Crippen LogP contribution is 2.36. The van der Waals surface area contributed by atoms with Crippen molar-refractivity contribution in [3.05, 3.63) is 65.0 Å². The molecule has 13 heteroatoms. The summed E-state index contributed by atoms with van der Waals surface area (Å²) in [5.74, 6) is 0.132. The molecule has 13 nitrogen and oxygen atoms in total. The van der Waals surface area contributed by atoms with Gasteiger partial charge in [-0.25, -0.2) is 29.1 Å². The van der Waals surface area contributed by atoms with Crippen molar-refractivity contribution in [3.63, 3.8) is 0 Å². The van der Waals surface area contributed by atoms with Crippen LogP contribution < -0.4 is 4.90 Å². The highest BCUT2D eigenvalue weighted by Gasteiger charge is 2.37. The van der Waals surface area contributed by atoms with Gasteiger partial charge in [0.2, 0.25) is 0 Å². The average Bonchev–Trinajstić information content (AvgIpc) is 3.37. The average molecular weight is 761 g/mol. The molecule has 2 heterocycles. The molecule has 0 unspecified atom stereocenters. The Morgan fingerprint density at radius 2 is 1.35 bits per heavy atom. The number of imide groups is 1. The maximum Gasteiger partial charge on any atom is 0.509 e. The van der Waals surface area contributed by atoms with Crippen LogP contribution in [0.3, 0.4) is 0 Å². The van der Waals surface area contributed by atoms with Crippen molar-refractivity contribution in [2.45, 2.75) is 138 Å². The number of nitrogens with zero attached hydrogens (tertiary/aromatic N) is 4. The molecule has 0 radical (unpaired) electrons. The van der Waals surface area contributed by atoms with Gasteiger partial charge in [0, 0.05) is 11.8 Å². The van der Waals surface area contributed by atoms with Gasteiger partial charge in [0.05, 0.1) is 30.3 Å². The summed E-state index contributed by atoms with van der Waals surface area (Å²) in [6.45, 7) is 21.3. The van der Waals surface area contributed by atoms with E-state index in [1.54, 1.807) is 94.4 Å². The number of benzene rings is 2. The van der Waals surface area contributed by atoms with Crippen molar-refractivity contribution in [1.29, 1.82) is 0 Å². The second-order valence-electron chi connectivity index (χ2n) is 17.2. The van der Waals surface area contributed by atoms with Gasteiger partial charge >= 0.3 is 24.3 Å². The predicted octanol–water partition coefficient (Wildman–Crippen LogP) is 9.71. The fourth-order valence-electron chi connectivity index (χ4n) is 5.86. The third kappa shape index (κ3) is 11.4. The number of ether oxygens (including phenoxy) is 5. The molecule has 0 fully saturated rings. The van der Waals surface area contributed by atoms with Crippen molar-refractivity contribution in [2.75, 3.05) is 12.0 Å². The SMILES string of the molecule is CCCCc1nc2c(N(C(=O)OC(C)(C)C)C(=O)OC(C)(C)C)nc3cc(Cc4cccc(C(=O)OC)c4)ccc3c2n1CC(C)(C)OC(=O)OC(C)(C)C. The molecule has 2 aromatic heterocycles. The van der Waals surface area contributed by atoms with Crippen LogP contribution in [0.25, 0.3) is 21.9 Å². The molecular formula is C42H56N4O9. The van der Waals surface area contributed by atoms with Gasteiger partial charge in [-0.05, 0) is 118 Å². The van der Waals surface area contributed by atoms with Gasteiger partial charge in [-0.2, -0.15) is 4.90 Å². The summed E-state index contributed by atoms with van der Waals surface area (Å²) in [6, 6.07) is 12.9. The molecule has 2 aromatic carbocycles. The van der Waals surface area contributed by atoms with Gasteiger partial charge in [-0.15, -0.1) is 0 Å². The summed E-state index contributed by atoms with van der Waals surface area (Å²) in [7, 11) is 1.34. The number of carbonyl (C=O) groups is 4. The van der Waals surface area contributed by atoms with Gasteiger partial charge in [-0.1, -0.05) is 37.6 Å². The lowest BCUT2D eigenvalue weighted by Gasteiger charge is -2.29. The van der Waals surface area contributed by atoms with E-state index in [1.807, 2.05) is 28.8 Å². The van der Waals surface area contributed by atoms with Crippen LogP contribution in [-0.4, -0.2) is 68.4 Å². The number of carbonyl (C=O) groups excluding carboxylic acids is 4. The summed E-state index contributed by atoms with van der Waals surface area (Å²) in [6.07, 6.45) is -0.139. The van der Waals surface area contributed by atoms with Crippen molar-refractivity contribution in [2.24, 2.45) is 0 Å². The van der Waals surface area contributed by atoms with Crippen LogP contribution in [0.1, 0.15) is 123 Å². The number of hydrogen-bond acceptors (Lipinski definition) is 11. The highest BCUT2D eigenvalue weighted by atomic mass is 16.7. The zero-order valence-electron chi connectivity index (χ0n) is 34.5. The van der Waals surface area contributed by atoms with E-state index >= 15 is 0 Å². The number of rotatable bonds is 10. The van der Waals surface area contributed by atoms with Crippen LogP contribution in [0.4, 0.5) is 20.2 Å². The Morgan fingerprint density at radius 1 is 0.745 bits per heavy atom. The molecule has 2 amide bonds. The van der Waals surface area contributed by atoms with E-state index in [1.165, 1.54) is 7.11 Å². The van der Waals surface area contributed by atoms with Gasteiger partial charge in [0.15, 0.2) is 5.82 Å². The lowest BCUT2D eigenvalue weighted by atomic mass is 10.0. The molecule has 0 aliphatic heterocycles. The first-order valence-corrected chi connectivity index (χ1v) is 18.6. The number of amides is 2. The largest absolute Gasteiger partial charge is 0.509 e. The van der Waals surface area contributed by atoms with E-state index in [4.69, 9.17) is 33.7 Å². The number of aryl methyl sites for hydroxylation is 1. The van der Waals surface area contributed by atoms with Crippen LogP contribution in [0.15, 0.2) is 42.5 Å². The summed E-state index contributed by atoms with van der Waals surface area (Å²) in [5, 5.41) is 0.683. The fraction of sp³-hybridized carbons (Fsp3) is 0.524. The second-order valence-corrected chi connectivity index (χ2v) is 17.2. The van der Waals surface area contributed by atoms with Crippen molar-refractivity contribution < 1.29 is 42.9 Å². The predicted molar refractivity (Wildman–Crippen MR) is 211 cm³/mol. The molecule has 55 heavy (non-hydrogen) atoms. The number of imidazole rings is 1. The zero-order chi connectivity index (χ0) is 41.1. The molecule has 4 aromatic rings. The topological polar surface area (TPSA) is 148 Å². The molecule has 0 spiro atoms. The number of anilines is 1. The Bertz CT molecular complexity index is 2040. The molecule has 0 N–H and O–H groups in total. The standard InChI is InChI=1S/C42H56N4O9/c1-14-15-19-31-44-32-33(45(31)25-42(11,12)55-38(50)54-41(8,9)10)29-21-20-27(22-26-17-16-18-28(23-26)35(47)51-13)24-30(29)43-34(32)46(36(48)52-39(2,3)4)37(49)53-40(5,6)7/h16-18,20-21,23-24H,14-15,19,22,25H2,1-13H3. The maximum atomic E-state index is 14.0. The molecule has 0 atom stereocenters. The Balaban J connectivity index is 2.03. The molecule has 298 valence electrons. The van der Waals surface area contributed by atoms with Crippen LogP contribution >= 0.6 is 0 Å². The Morgan fingerprint density at radius 3 is 1.91 bits per heavy atom. The number of pyridine rings is 1. The van der Waals surface area contributed by atoms with Gasteiger partial charge in [-0.3, -0.25) is 0 Å². The second kappa shape index (κ2) is 16.3. The lowest BCUT2D eigenvalue weighted by molar-refractivity contribution is -0.0582. The number of fused-ring (bicyclic) bond motifs is 3. The minimum Gasteiger partial charge on any atom is -0.465 e. The third-order valence-corrected chi connectivity index (χ3v) is 7.96. The molecule has 0 saturated heterocycles. The van der Waals surface area contributed by atoms with Crippen molar-refractivity contribution in [1.82, 2.24) is 14.5 Å². The van der Waals surface area contributed by atoms with Crippen LogP contribution in [-0.2, 0) is 43.1 Å². The minimum atomic E-state index is -1.09. The van der Waals surface area contributed by atoms with E-state index in [-0.39, 0.29) is 17.9 Å². The van der Waals surface area contributed by atoms with E-state index in [2.05, 4.69) is 6.92 Å². The zero-order valence-corrected chi connectivity index (χ0v) is 34.5. The van der Waals surface area contributed by atoms with Gasteiger partial charge in [0.1, 0.15) is 33.7 Å². The van der Waals surface area contributed by atoms with E-state index in [9.17, 15) is 19.2 Å². The van der Waals surface area contributed by atoms with E-state index < -0.39 is 46.7 Å². The molecular weight excluding hydrogens is 704 g/mol. The van der Waals surface area contributed by atoms with Gasteiger partial charge in [0.25, 0.3) is 0 Å². The Kier molecular flexibility index (Phi) is 12.6. The Hall–Kier alpha value is -5.20. The summed E-state index contributed by atoms with van der Waals surface area (Å²) in [5.41, 5.74) is -0.355. The molecule has 0 saturated carbocycles. The molecule has 0 bridgehead atoms. The number of esters is 1. The van der Waals surface area contributed by atoms with E-state index in [0.29, 0.717) is 40.6 Å². The number of methoxy groups -OCH3 is 1. The summed E-state index contributed by atoms with van der Waals surface area (Å²) >= 11 is 0. The van der Waals surface area contributed by atoms with Gasteiger partial charge < -0.3 is 28.3 Å². The third-order valence-electron chi connectivity index (χ3n) is 7.96. The lowest BCUT2D eigenvalue weighted by Crippen LogP contribution is -2.44. The first-order valence-electron chi connectivity index (χ1n) is 18.6. The summed E-state index contributed by atoms with van der Waals surface area (Å²) < 4.78 is 29.8. The van der Waals surface area contributed by atoms with Crippen LogP contribution in [0.5, 0.6) is 0 Å². The quantitative estimate of drug-likeness (QED) is 0.112. The first-order chi connectivity index (χ1) is 25.4. The van der Waals surface area contributed by atoms with Crippen LogP contribution in [0, 0.1) is 0 Å². The normalized spacial score (nSPS) is 12.4. The molecule has 0 aliphatic rings. The van der Waals surface area contributed by atoms with Crippen LogP contribution in [0.2, 0.25) is 0 Å². The first kappa shape index (κ1) is 42.5. The summed E-state index contributed by atoms with van der Waals surface area (Å²) in [4.78, 5) is 64.0. The number of hydrogen-bond donors (Lipinski definition) is 0.